The number of halogens is 1. The Bertz CT molecular complexity index is 700. The Labute approximate surface area is 155 Å². The quantitative estimate of drug-likeness (QED) is 0.568. The van der Waals surface area contributed by atoms with Crippen LogP contribution in [-0.4, -0.2) is 26.9 Å². The molecule has 0 saturated carbocycles. The number of rotatable bonds is 6. The first-order valence-corrected chi connectivity index (χ1v) is 7.84. The molecular weight excluding hydrogens is 330 g/mol. The van der Waals surface area contributed by atoms with Crippen molar-refractivity contribution in [3.8, 4) is 17.2 Å². The van der Waals surface area contributed by atoms with Gasteiger partial charge in [0.1, 0.15) is 17.2 Å². The predicted molar refractivity (Wildman–Crippen MR) is 90.9 cm³/mol. The summed E-state index contributed by atoms with van der Waals surface area (Å²) in [6, 6.07) is 10.5. The molecule has 0 radical (unpaired) electrons. The van der Waals surface area contributed by atoms with Crippen LogP contribution in [0.5, 0.6) is 17.2 Å². The SMILES string of the molecule is COc1ccc(PC(=O)c2c(Cl)cccc2OC)c(OC)c1.[H-].[Li+]. The number of hydrogen-bond donors (Lipinski definition) is 0. The van der Waals surface area contributed by atoms with E-state index in [0.29, 0.717) is 27.8 Å². The predicted octanol–water partition coefficient (Wildman–Crippen LogP) is 0.626. The molecule has 0 N–H and O–H groups in total. The van der Waals surface area contributed by atoms with Crippen LogP contribution in [0.3, 0.4) is 0 Å². The summed E-state index contributed by atoms with van der Waals surface area (Å²) < 4.78 is 15.7. The van der Waals surface area contributed by atoms with Crippen molar-refractivity contribution in [3.05, 3.63) is 47.0 Å². The van der Waals surface area contributed by atoms with Gasteiger partial charge in [-0.15, -0.1) is 0 Å². The fraction of sp³-hybridized carbons (Fsp3) is 0.188. The molecule has 0 amide bonds. The number of carbonyl (C=O) groups excluding carboxylic acids is 1. The Morgan fingerprint density at radius 3 is 2.35 bits per heavy atom. The Morgan fingerprint density at radius 2 is 1.74 bits per heavy atom. The van der Waals surface area contributed by atoms with E-state index in [1.165, 1.54) is 7.11 Å². The summed E-state index contributed by atoms with van der Waals surface area (Å²) in [7, 11) is 4.52. The fourth-order valence-corrected chi connectivity index (χ4v) is 3.40. The van der Waals surface area contributed by atoms with Crippen LogP contribution in [0.1, 0.15) is 11.8 Å². The maximum absolute atomic E-state index is 12.6. The van der Waals surface area contributed by atoms with E-state index in [9.17, 15) is 4.79 Å². The molecule has 2 aromatic rings. The molecule has 1 unspecified atom stereocenters. The second-order valence-corrected chi connectivity index (χ2v) is 5.99. The fourth-order valence-electron chi connectivity index (χ4n) is 1.98. The van der Waals surface area contributed by atoms with Gasteiger partial charge >= 0.3 is 18.9 Å². The van der Waals surface area contributed by atoms with Crippen molar-refractivity contribution in [2.45, 2.75) is 0 Å². The minimum atomic E-state index is -0.129. The Morgan fingerprint density at radius 1 is 1.04 bits per heavy atom. The zero-order chi connectivity index (χ0) is 16.1. The molecular formula is C16H17ClLiO4P. The Kier molecular flexibility index (Phi) is 7.95. The molecule has 4 nitrogen and oxygen atoms in total. The van der Waals surface area contributed by atoms with Crippen molar-refractivity contribution >= 4 is 31.0 Å². The van der Waals surface area contributed by atoms with E-state index < -0.39 is 0 Å². The molecule has 0 fully saturated rings. The van der Waals surface area contributed by atoms with Crippen LogP contribution in [0.25, 0.3) is 0 Å². The topological polar surface area (TPSA) is 44.8 Å². The first kappa shape index (κ1) is 19.9. The van der Waals surface area contributed by atoms with Gasteiger partial charge in [-0.1, -0.05) is 17.7 Å². The molecule has 118 valence electrons. The van der Waals surface area contributed by atoms with Gasteiger partial charge in [0.25, 0.3) is 0 Å². The molecule has 0 aliphatic carbocycles. The number of hydrogen-bond acceptors (Lipinski definition) is 4. The van der Waals surface area contributed by atoms with E-state index in [2.05, 4.69) is 0 Å². The smallest absolute Gasteiger partial charge is 1.00 e. The Balaban J connectivity index is 0.00000264. The third-order valence-corrected chi connectivity index (χ3v) is 4.55. The van der Waals surface area contributed by atoms with Crippen LogP contribution in [0, 0.1) is 0 Å². The maximum atomic E-state index is 12.6. The van der Waals surface area contributed by atoms with Gasteiger partial charge < -0.3 is 15.6 Å². The molecule has 0 aliphatic rings. The molecule has 2 aromatic carbocycles. The average Bonchev–Trinajstić information content (AvgIpc) is 2.54. The Hall–Kier alpha value is -1.17. The number of ether oxygens (including phenoxy) is 3. The van der Waals surface area contributed by atoms with Gasteiger partial charge in [0, 0.05) is 11.4 Å². The summed E-state index contributed by atoms with van der Waals surface area (Å²) in [5, 5.41) is 1.17. The summed E-state index contributed by atoms with van der Waals surface area (Å²) >= 11 is 6.14. The molecule has 0 saturated heterocycles. The zero-order valence-corrected chi connectivity index (χ0v) is 15.2. The molecule has 0 aliphatic heterocycles. The largest absolute Gasteiger partial charge is 1.00 e. The summed E-state index contributed by atoms with van der Waals surface area (Å²) in [6.07, 6.45) is 0. The molecule has 7 heteroatoms. The van der Waals surface area contributed by atoms with Crippen LogP contribution in [0.2, 0.25) is 5.02 Å². The van der Waals surface area contributed by atoms with Gasteiger partial charge in [-0.3, -0.25) is 4.79 Å². The van der Waals surface area contributed by atoms with E-state index in [1.807, 2.05) is 6.07 Å². The van der Waals surface area contributed by atoms with Gasteiger partial charge in [-0.25, -0.2) is 0 Å². The summed E-state index contributed by atoms with van der Waals surface area (Å²) in [5.74, 6) is 1.75. The standard InChI is InChI=1S/C16H16ClO4P.Li.H/c1-19-10-7-8-14(13(9-10)21-3)22-16(18)15-11(17)5-4-6-12(15)20-2;;/h4-9,22H,1-3H3;;/q;+1;-1. The molecule has 2 rings (SSSR count). The monoisotopic (exact) mass is 346 g/mol. The van der Waals surface area contributed by atoms with E-state index in [-0.39, 0.29) is 34.4 Å². The number of carbonyl (C=O) groups is 1. The van der Waals surface area contributed by atoms with Gasteiger partial charge in [0.15, 0.2) is 5.52 Å². The van der Waals surface area contributed by atoms with Gasteiger partial charge in [-0.2, -0.15) is 0 Å². The van der Waals surface area contributed by atoms with Crippen molar-refractivity contribution in [1.82, 2.24) is 0 Å². The zero-order valence-electron chi connectivity index (χ0n) is 14.5. The second kappa shape index (κ2) is 9.20. The van der Waals surface area contributed by atoms with E-state index in [1.54, 1.807) is 44.6 Å². The van der Waals surface area contributed by atoms with E-state index in [4.69, 9.17) is 25.8 Å². The van der Waals surface area contributed by atoms with Gasteiger partial charge in [0.05, 0.1) is 31.9 Å². The normalized spacial score (nSPS) is 10.3. The number of benzene rings is 2. The van der Waals surface area contributed by atoms with Crippen molar-refractivity contribution in [3.63, 3.8) is 0 Å². The average molecular weight is 347 g/mol. The van der Waals surface area contributed by atoms with Crippen LogP contribution in [0.4, 0.5) is 0 Å². The molecule has 0 heterocycles. The first-order chi connectivity index (χ1) is 10.6. The van der Waals surface area contributed by atoms with Crippen molar-refractivity contribution in [2.24, 2.45) is 0 Å². The summed E-state index contributed by atoms with van der Waals surface area (Å²) in [4.78, 5) is 12.6. The van der Waals surface area contributed by atoms with Crippen LogP contribution in [-0.2, 0) is 0 Å². The molecule has 23 heavy (non-hydrogen) atoms. The number of methoxy groups -OCH3 is 3. The minimum absolute atomic E-state index is 0. The van der Waals surface area contributed by atoms with Crippen LogP contribution >= 0.6 is 20.2 Å². The maximum Gasteiger partial charge on any atom is 1.00 e. The van der Waals surface area contributed by atoms with Crippen molar-refractivity contribution < 1.29 is 39.3 Å². The summed E-state index contributed by atoms with van der Waals surface area (Å²) in [6.45, 7) is 0. The van der Waals surface area contributed by atoms with E-state index in [0.717, 1.165) is 5.30 Å². The van der Waals surface area contributed by atoms with Crippen LogP contribution in [0.15, 0.2) is 36.4 Å². The molecule has 0 bridgehead atoms. The summed E-state index contributed by atoms with van der Waals surface area (Å²) in [5.41, 5.74) is 0.286. The van der Waals surface area contributed by atoms with Crippen molar-refractivity contribution in [1.29, 1.82) is 0 Å². The van der Waals surface area contributed by atoms with Crippen molar-refractivity contribution in [2.75, 3.05) is 21.3 Å². The molecule has 0 aromatic heterocycles. The van der Waals surface area contributed by atoms with E-state index >= 15 is 0 Å². The third kappa shape index (κ3) is 4.65. The minimum Gasteiger partial charge on any atom is -1.00 e. The van der Waals surface area contributed by atoms with Gasteiger partial charge in [0.2, 0.25) is 0 Å². The van der Waals surface area contributed by atoms with Gasteiger partial charge in [-0.05, 0) is 32.8 Å². The first-order valence-electron chi connectivity index (χ1n) is 6.46. The molecule has 0 spiro atoms. The third-order valence-electron chi connectivity index (χ3n) is 3.08. The van der Waals surface area contributed by atoms with Crippen LogP contribution < -0.4 is 38.4 Å². The second-order valence-electron chi connectivity index (χ2n) is 4.34. The molecule has 1 atom stereocenters.